The predicted molar refractivity (Wildman–Crippen MR) is 56.3 cm³/mol. The number of methoxy groups -OCH3 is 1. The molecule has 0 saturated heterocycles. The fourth-order valence-corrected chi connectivity index (χ4v) is 1.15. The molecule has 0 N–H and O–H groups in total. The molecule has 0 aliphatic rings. The van der Waals surface area contributed by atoms with Crippen molar-refractivity contribution in [1.29, 1.82) is 0 Å². The van der Waals surface area contributed by atoms with Crippen LogP contribution < -0.4 is 0 Å². The van der Waals surface area contributed by atoms with E-state index in [-0.39, 0.29) is 12.6 Å². The van der Waals surface area contributed by atoms with Crippen LogP contribution in [0.25, 0.3) is 0 Å². The van der Waals surface area contributed by atoms with E-state index in [2.05, 4.69) is 15.9 Å². The second kappa shape index (κ2) is 5.78. The number of esters is 1. The Kier molecular flexibility index (Phi) is 4.62. The van der Waals surface area contributed by atoms with Crippen LogP contribution in [0, 0.1) is 0 Å². The van der Waals surface area contributed by atoms with Gasteiger partial charge in [-0.05, 0) is 24.3 Å². The van der Waals surface area contributed by atoms with Gasteiger partial charge in [-0.25, -0.2) is 4.79 Å². The molecule has 0 saturated carbocycles. The van der Waals surface area contributed by atoms with Crippen LogP contribution in [0.15, 0.2) is 28.7 Å². The lowest BCUT2D eigenvalue weighted by Gasteiger charge is -2.03. The Hall–Kier alpha value is -0.870. The standard InChI is InChI=1S/C10H11BrO3/c1-13-6-7-14-10(12)8-2-4-9(11)5-3-8/h2-5H,6-7H2,1H3. The van der Waals surface area contributed by atoms with E-state index in [0.29, 0.717) is 12.2 Å². The molecule has 0 bridgehead atoms. The van der Waals surface area contributed by atoms with Crippen molar-refractivity contribution in [1.82, 2.24) is 0 Å². The molecule has 0 radical (unpaired) electrons. The van der Waals surface area contributed by atoms with Gasteiger partial charge in [0.05, 0.1) is 12.2 Å². The van der Waals surface area contributed by atoms with Crippen LogP contribution in [0.4, 0.5) is 0 Å². The number of carbonyl (C=O) groups is 1. The molecule has 76 valence electrons. The molecule has 0 aromatic heterocycles. The monoisotopic (exact) mass is 258 g/mol. The molecule has 14 heavy (non-hydrogen) atoms. The molecule has 0 amide bonds. The van der Waals surface area contributed by atoms with Gasteiger partial charge in [-0.2, -0.15) is 0 Å². The Morgan fingerprint density at radius 2 is 1.93 bits per heavy atom. The van der Waals surface area contributed by atoms with Crippen molar-refractivity contribution in [2.45, 2.75) is 0 Å². The van der Waals surface area contributed by atoms with E-state index in [4.69, 9.17) is 9.47 Å². The average Bonchev–Trinajstić information content (AvgIpc) is 2.19. The normalized spacial score (nSPS) is 9.86. The molecular formula is C10H11BrO3. The average molecular weight is 259 g/mol. The van der Waals surface area contributed by atoms with Crippen LogP contribution in [-0.4, -0.2) is 26.3 Å². The van der Waals surface area contributed by atoms with Gasteiger partial charge < -0.3 is 9.47 Å². The lowest BCUT2D eigenvalue weighted by Crippen LogP contribution is -2.09. The zero-order chi connectivity index (χ0) is 10.4. The third-order valence-electron chi connectivity index (χ3n) is 1.60. The highest BCUT2D eigenvalue weighted by molar-refractivity contribution is 9.10. The Balaban J connectivity index is 2.48. The number of halogens is 1. The van der Waals surface area contributed by atoms with Crippen LogP contribution in [0.3, 0.4) is 0 Å². The van der Waals surface area contributed by atoms with Gasteiger partial charge in [-0.3, -0.25) is 0 Å². The number of hydrogen-bond acceptors (Lipinski definition) is 3. The topological polar surface area (TPSA) is 35.5 Å². The van der Waals surface area contributed by atoms with Crippen molar-refractivity contribution in [3.8, 4) is 0 Å². The predicted octanol–water partition coefficient (Wildman–Crippen LogP) is 2.25. The lowest BCUT2D eigenvalue weighted by atomic mass is 10.2. The maximum Gasteiger partial charge on any atom is 0.338 e. The minimum Gasteiger partial charge on any atom is -0.460 e. The zero-order valence-corrected chi connectivity index (χ0v) is 9.41. The van der Waals surface area contributed by atoms with Crippen LogP contribution in [-0.2, 0) is 9.47 Å². The minimum absolute atomic E-state index is 0.283. The summed E-state index contributed by atoms with van der Waals surface area (Å²) in [6.45, 7) is 0.702. The first-order valence-electron chi connectivity index (χ1n) is 4.15. The largest absolute Gasteiger partial charge is 0.460 e. The molecule has 1 rings (SSSR count). The fraction of sp³-hybridized carbons (Fsp3) is 0.300. The molecule has 1 aromatic rings. The molecule has 0 spiro atoms. The highest BCUT2D eigenvalue weighted by Crippen LogP contribution is 2.11. The van der Waals surface area contributed by atoms with Gasteiger partial charge in [-0.1, -0.05) is 15.9 Å². The number of ether oxygens (including phenoxy) is 2. The molecular weight excluding hydrogens is 248 g/mol. The van der Waals surface area contributed by atoms with E-state index in [0.717, 1.165) is 4.47 Å². The fourth-order valence-electron chi connectivity index (χ4n) is 0.887. The van der Waals surface area contributed by atoms with Gasteiger partial charge in [0, 0.05) is 11.6 Å². The molecule has 0 aliphatic carbocycles. The summed E-state index contributed by atoms with van der Waals surface area (Å²) in [5.41, 5.74) is 0.546. The van der Waals surface area contributed by atoms with Crippen molar-refractivity contribution in [3.05, 3.63) is 34.3 Å². The minimum atomic E-state index is -0.324. The third-order valence-corrected chi connectivity index (χ3v) is 2.13. The highest BCUT2D eigenvalue weighted by atomic mass is 79.9. The van der Waals surface area contributed by atoms with E-state index in [1.165, 1.54) is 0 Å². The quantitative estimate of drug-likeness (QED) is 0.614. The van der Waals surface area contributed by atoms with Crippen molar-refractivity contribution in [2.75, 3.05) is 20.3 Å². The van der Waals surface area contributed by atoms with Gasteiger partial charge in [-0.15, -0.1) is 0 Å². The van der Waals surface area contributed by atoms with Gasteiger partial charge >= 0.3 is 5.97 Å². The first kappa shape index (κ1) is 11.2. The molecule has 0 aliphatic heterocycles. The van der Waals surface area contributed by atoms with Crippen LogP contribution >= 0.6 is 15.9 Å². The summed E-state index contributed by atoms with van der Waals surface area (Å²) in [6.07, 6.45) is 0. The molecule has 1 aromatic carbocycles. The van der Waals surface area contributed by atoms with Gasteiger partial charge in [0.1, 0.15) is 6.61 Å². The van der Waals surface area contributed by atoms with Gasteiger partial charge in [0.2, 0.25) is 0 Å². The summed E-state index contributed by atoms with van der Waals surface area (Å²) in [4.78, 5) is 11.3. The first-order chi connectivity index (χ1) is 6.74. The van der Waals surface area contributed by atoms with Crippen LogP contribution in [0.5, 0.6) is 0 Å². The summed E-state index contributed by atoms with van der Waals surface area (Å²) in [5, 5.41) is 0. The van der Waals surface area contributed by atoms with E-state index >= 15 is 0 Å². The maximum atomic E-state index is 11.3. The van der Waals surface area contributed by atoms with Gasteiger partial charge in [0.25, 0.3) is 0 Å². The van der Waals surface area contributed by atoms with Crippen molar-refractivity contribution >= 4 is 21.9 Å². The van der Waals surface area contributed by atoms with Crippen molar-refractivity contribution in [3.63, 3.8) is 0 Å². The number of carbonyl (C=O) groups excluding carboxylic acids is 1. The molecule has 0 fully saturated rings. The lowest BCUT2D eigenvalue weighted by molar-refractivity contribution is 0.0388. The summed E-state index contributed by atoms with van der Waals surface area (Å²) in [7, 11) is 1.56. The molecule has 3 nitrogen and oxygen atoms in total. The summed E-state index contributed by atoms with van der Waals surface area (Å²) in [6, 6.07) is 7.01. The third kappa shape index (κ3) is 3.47. The number of hydrogen-bond donors (Lipinski definition) is 0. The molecule has 0 unspecified atom stereocenters. The Morgan fingerprint density at radius 3 is 2.50 bits per heavy atom. The Labute approximate surface area is 91.1 Å². The molecule has 4 heteroatoms. The number of benzene rings is 1. The number of rotatable bonds is 4. The summed E-state index contributed by atoms with van der Waals surface area (Å²) in [5.74, 6) is -0.324. The van der Waals surface area contributed by atoms with Gasteiger partial charge in [0.15, 0.2) is 0 Å². The zero-order valence-electron chi connectivity index (χ0n) is 7.83. The Morgan fingerprint density at radius 1 is 1.29 bits per heavy atom. The summed E-state index contributed by atoms with van der Waals surface area (Å²) >= 11 is 3.29. The maximum absolute atomic E-state index is 11.3. The van der Waals surface area contributed by atoms with E-state index in [1.807, 2.05) is 0 Å². The second-order valence-electron chi connectivity index (χ2n) is 2.64. The smallest absolute Gasteiger partial charge is 0.338 e. The SMILES string of the molecule is COCCOC(=O)c1ccc(Br)cc1. The van der Waals surface area contributed by atoms with Crippen LogP contribution in [0.1, 0.15) is 10.4 Å². The van der Waals surface area contributed by atoms with Crippen LogP contribution in [0.2, 0.25) is 0 Å². The second-order valence-corrected chi connectivity index (χ2v) is 3.55. The van der Waals surface area contributed by atoms with E-state index < -0.39 is 0 Å². The van der Waals surface area contributed by atoms with E-state index in [9.17, 15) is 4.79 Å². The first-order valence-corrected chi connectivity index (χ1v) is 4.95. The van der Waals surface area contributed by atoms with E-state index in [1.54, 1.807) is 31.4 Å². The van der Waals surface area contributed by atoms with Crippen molar-refractivity contribution in [2.24, 2.45) is 0 Å². The highest BCUT2D eigenvalue weighted by Gasteiger charge is 2.05. The Bertz CT molecular complexity index is 295. The van der Waals surface area contributed by atoms with Crippen molar-refractivity contribution < 1.29 is 14.3 Å². The molecule has 0 atom stereocenters. The molecule has 0 heterocycles. The summed E-state index contributed by atoms with van der Waals surface area (Å²) < 4.78 is 10.6.